The van der Waals surface area contributed by atoms with Crippen LogP contribution in [0.25, 0.3) is 0 Å². The summed E-state index contributed by atoms with van der Waals surface area (Å²) in [6.07, 6.45) is 0. The molecule has 1 aromatic carbocycles. The van der Waals surface area contributed by atoms with Crippen molar-refractivity contribution in [2.24, 2.45) is 0 Å². The van der Waals surface area contributed by atoms with E-state index in [1.54, 1.807) is 38.2 Å². The van der Waals surface area contributed by atoms with Gasteiger partial charge in [-0.25, -0.2) is 14.4 Å². The first-order valence-corrected chi connectivity index (χ1v) is 8.94. The Morgan fingerprint density at radius 3 is 2.50 bits per heavy atom. The number of rotatable bonds is 7. The average molecular weight is 390 g/mol. The standard InChI is InChI=1S/C19H26N4O5/c1-5-20-18(25)21-14-8-6-13(7-9-14)16-15(17(24)28-11-10-27-4)12(2)23(3)19(26)22-16/h6-9,16H,5,10-11H2,1-4H3,(H,22,26)(H2,20,21,25). The Morgan fingerprint density at radius 1 is 1.21 bits per heavy atom. The summed E-state index contributed by atoms with van der Waals surface area (Å²) in [7, 11) is 3.11. The molecule has 9 nitrogen and oxygen atoms in total. The Morgan fingerprint density at radius 2 is 1.89 bits per heavy atom. The minimum atomic E-state index is -0.655. The Hall–Kier alpha value is -3.07. The number of methoxy groups -OCH3 is 1. The normalized spacial score (nSPS) is 16.5. The van der Waals surface area contributed by atoms with Crippen LogP contribution < -0.4 is 16.0 Å². The lowest BCUT2D eigenvalue weighted by molar-refractivity contribution is -0.140. The summed E-state index contributed by atoms with van der Waals surface area (Å²) >= 11 is 0. The van der Waals surface area contributed by atoms with Crippen molar-refractivity contribution in [1.82, 2.24) is 15.5 Å². The molecule has 0 radical (unpaired) electrons. The van der Waals surface area contributed by atoms with E-state index >= 15 is 0 Å². The number of ether oxygens (including phenoxy) is 2. The smallest absolute Gasteiger partial charge is 0.338 e. The topological polar surface area (TPSA) is 109 Å². The minimum Gasteiger partial charge on any atom is -0.460 e. The monoisotopic (exact) mass is 390 g/mol. The van der Waals surface area contributed by atoms with E-state index in [2.05, 4.69) is 16.0 Å². The summed E-state index contributed by atoms with van der Waals surface area (Å²) in [5.41, 5.74) is 2.16. The number of allylic oxidation sites excluding steroid dienone is 1. The summed E-state index contributed by atoms with van der Waals surface area (Å²) in [5, 5.41) is 8.16. The number of carbonyl (C=O) groups is 3. The van der Waals surface area contributed by atoms with Crippen molar-refractivity contribution in [1.29, 1.82) is 0 Å². The predicted molar refractivity (Wildman–Crippen MR) is 104 cm³/mol. The minimum absolute atomic E-state index is 0.117. The third-order valence-electron chi connectivity index (χ3n) is 4.33. The van der Waals surface area contributed by atoms with E-state index in [1.807, 2.05) is 6.92 Å². The molecule has 2 rings (SSSR count). The molecule has 4 amide bonds. The van der Waals surface area contributed by atoms with Crippen LogP contribution in [0.2, 0.25) is 0 Å². The Labute approximate surface area is 164 Å². The lowest BCUT2D eigenvalue weighted by Crippen LogP contribution is -2.46. The molecule has 1 aliphatic rings. The summed E-state index contributed by atoms with van der Waals surface area (Å²) in [6, 6.07) is 5.62. The molecular formula is C19H26N4O5. The van der Waals surface area contributed by atoms with Crippen molar-refractivity contribution >= 4 is 23.7 Å². The van der Waals surface area contributed by atoms with E-state index < -0.39 is 12.0 Å². The summed E-state index contributed by atoms with van der Waals surface area (Å²) < 4.78 is 10.2. The van der Waals surface area contributed by atoms with Crippen LogP contribution in [-0.4, -0.2) is 56.8 Å². The Bertz CT molecular complexity index is 760. The van der Waals surface area contributed by atoms with Crippen molar-refractivity contribution < 1.29 is 23.9 Å². The van der Waals surface area contributed by atoms with Crippen molar-refractivity contribution in [2.75, 3.05) is 39.2 Å². The summed E-state index contributed by atoms with van der Waals surface area (Å²) in [6.45, 7) is 4.44. The number of esters is 1. The molecular weight excluding hydrogens is 364 g/mol. The fourth-order valence-corrected chi connectivity index (χ4v) is 2.74. The third-order valence-corrected chi connectivity index (χ3v) is 4.33. The number of benzene rings is 1. The van der Waals surface area contributed by atoms with Crippen molar-refractivity contribution in [3.63, 3.8) is 0 Å². The molecule has 1 unspecified atom stereocenters. The van der Waals surface area contributed by atoms with E-state index in [0.717, 1.165) is 0 Å². The first kappa shape index (κ1) is 21.2. The van der Waals surface area contributed by atoms with Gasteiger partial charge in [0, 0.05) is 32.1 Å². The molecule has 0 aliphatic carbocycles. The van der Waals surface area contributed by atoms with Crippen LogP contribution >= 0.6 is 0 Å². The Kier molecular flexibility index (Phi) is 7.39. The first-order chi connectivity index (χ1) is 13.4. The van der Waals surface area contributed by atoms with Crippen LogP contribution in [0.4, 0.5) is 15.3 Å². The van der Waals surface area contributed by atoms with Gasteiger partial charge in [-0.05, 0) is 31.5 Å². The maximum Gasteiger partial charge on any atom is 0.338 e. The molecule has 0 aromatic heterocycles. The van der Waals surface area contributed by atoms with Crippen LogP contribution in [0, 0.1) is 0 Å². The van der Waals surface area contributed by atoms with E-state index in [4.69, 9.17) is 9.47 Å². The van der Waals surface area contributed by atoms with Gasteiger partial charge in [-0.2, -0.15) is 0 Å². The molecule has 152 valence electrons. The first-order valence-electron chi connectivity index (χ1n) is 8.94. The number of nitrogens with zero attached hydrogens (tertiary/aromatic N) is 1. The molecule has 1 heterocycles. The number of amides is 4. The molecule has 9 heteroatoms. The highest BCUT2D eigenvalue weighted by atomic mass is 16.6. The molecule has 0 bridgehead atoms. The average Bonchev–Trinajstić information content (AvgIpc) is 2.66. The number of anilines is 1. The van der Waals surface area contributed by atoms with E-state index in [9.17, 15) is 14.4 Å². The lowest BCUT2D eigenvalue weighted by atomic mass is 9.95. The third kappa shape index (κ3) is 5.01. The van der Waals surface area contributed by atoms with Crippen molar-refractivity contribution in [2.45, 2.75) is 19.9 Å². The number of carbonyl (C=O) groups excluding carboxylic acids is 3. The van der Waals surface area contributed by atoms with Gasteiger partial charge in [-0.1, -0.05) is 12.1 Å². The second kappa shape index (κ2) is 9.75. The van der Waals surface area contributed by atoms with Crippen LogP contribution in [0.1, 0.15) is 25.5 Å². The van der Waals surface area contributed by atoms with Crippen LogP contribution in [0.15, 0.2) is 35.5 Å². The molecule has 1 atom stereocenters. The molecule has 3 N–H and O–H groups in total. The highest BCUT2D eigenvalue weighted by Crippen LogP contribution is 2.31. The van der Waals surface area contributed by atoms with Gasteiger partial charge in [0.2, 0.25) is 0 Å². The predicted octanol–water partition coefficient (Wildman–Crippen LogP) is 1.99. The Balaban J connectivity index is 2.26. The quantitative estimate of drug-likeness (QED) is 0.487. The molecule has 0 spiro atoms. The van der Waals surface area contributed by atoms with Crippen molar-refractivity contribution in [3.8, 4) is 0 Å². The van der Waals surface area contributed by atoms with Gasteiger partial charge < -0.3 is 30.3 Å². The number of hydrogen-bond donors (Lipinski definition) is 3. The molecule has 1 aromatic rings. The number of nitrogens with one attached hydrogen (secondary N) is 3. The second-order valence-corrected chi connectivity index (χ2v) is 6.18. The highest BCUT2D eigenvalue weighted by molar-refractivity contribution is 5.95. The summed E-state index contributed by atoms with van der Waals surface area (Å²) in [4.78, 5) is 37.9. The zero-order chi connectivity index (χ0) is 20.7. The highest BCUT2D eigenvalue weighted by Gasteiger charge is 2.34. The molecule has 1 aliphatic heterocycles. The van der Waals surface area contributed by atoms with E-state index in [1.165, 1.54) is 12.0 Å². The zero-order valence-corrected chi connectivity index (χ0v) is 16.5. The molecule has 0 saturated carbocycles. The van der Waals surface area contributed by atoms with E-state index in [-0.39, 0.29) is 25.3 Å². The number of urea groups is 2. The van der Waals surface area contributed by atoms with Crippen LogP contribution in [0.3, 0.4) is 0 Å². The largest absolute Gasteiger partial charge is 0.460 e. The molecule has 0 fully saturated rings. The maximum atomic E-state index is 12.6. The maximum absolute atomic E-state index is 12.6. The van der Waals surface area contributed by atoms with Gasteiger partial charge in [-0.3, -0.25) is 0 Å². The van der Waals surface area contributed by atoms with Gasteiger partial charge in [0.05, 0.1) is 18.2 Å². The van der Waals surface area contributed by atoms with Gasteiger partial charge in [-0.15, -0.1) is 0 Å². The zero-order valence-electron chi connectivity index (χ0n) is 16.5. The fourth-order valence-electron chi connectivity index (χ4n) is 2.74. The van der Waals surface area contributed by atoms with Crippen LogP contribution in [0.5, 0.6) is 0 Å². The fraction of sp³-hybridized carbons (Fsp3) is 0.421. The molecule has 0 saturated heterocycles. The van der Waals surface area contributed by atoms with Crippen LogP contribution in [-0.2, 0) is 14.3 Å². The molecule has 28 heavy (non-hydrogen) atoms. The SMILES string of the molecule is CCNC(=O)Nc1ccc(C2NC(=O)N(C)C(C)=C2C(=O)OCCOC)cc1. The summed E-state index contributed by atoms with van der Waals surface area (Å²) in [5.74, 6) is -0.518. The van der Waals surface area contributed by atoms with Gasteiger partial charge in [0.25, 0.3) is 0 Å². The van der Waals surface area contributed by atoms with Crippen molar-refractivity contribution in [3.05, 3.63) is 41.1 Å². The number of hydrogen-bond acceptors (Lipinski definition) is 5. The van der Waals surface area contributed by atoms with Gasteiger partial charge >= 0.3 is 18.0 Å². The lowest BCUT2D eigenvalue weighted by Gasteiger charge is -2.33. The van der Waals surface area contributed by atoms with Gasteiger partial charge in [0.1, 0.15) is 6.61 Å². The second-order valence-electron chi connectivity index (χ2n) is 6.18. The van der Waals surface area contributed by atoms with Gasteiger partial charge in [0.15, 0.2) is 0 Å². The van der Waals surface area contributed by atoms with E-state index in [0.29, 0.717) is 29.1 Å².